The average molecular weight is 361 g/mol. The Morgan fingerprint density at radius 3 is 2.64 bits per heavy atom. The summed E-state index contributed by atoms with van der Waals surface area (Å²) in [6.45, 7) is 1.12. The molecular weight excluding hydrogens is 338 g/mol. The Hall–Kier alpha value is -1.99. The lowest BCUT2D eigenvalue weighted by Crippen LogP contribution is -2.37. The first-order valence-electron chi connectivity index (χ1n) is 8.61. The second-order valence-electron chi connectivity index (χ2n) is 6.31. The van der Waals surface area contributed by atoms with Gasteiger partial charge < -0.3 is 0 Å². The zero-order valence-corrected chi connectivity index (χ0v) is 15.2. The van der Waals surface area contributed by atoms with Crippen molar-refractivity contribution in [3.8, 4) is 0 Å². The monoisotopic (exact) mass is 361 g/mol. The summed E-state index contributed by atoms with van der Waals surface area (Å²) in [5, 5.41) is 0. The van der Waals surface area contributed by atoms with Crippen molar-refractivity contribution in [2.45, 2.75) is 43.5 Å². The highest BCUT2D eigenvalue weighted by molar-refractivity contribution is 7.82. The number of hydrogen-bond acceptors (Lipinski definition) is 3. The number of aromatic nitrogens is 2. The molecule has 0 spiro atoms. The highest BCUT2D eigenvalue weighted by Crippen LogP contribution is 2.17. The molecule has 1 N–H and O–H groups in total. The Kier molecular flexibility index (Phi) is 5.65. The maximum Gasteiger partial charge on any atom is 0.328 e. The minimum Gasteiger partial charge on any atom is -0.297 e. The van der Waals surface area contributed by atoms with Crippen molar-refractivity contribution in [2.24, 2.45) is 0 Å². The number of nitrogens with one attached hydrogen (secondary N) is 1. The Morgan fingerprint density at radius 2 is 1.88 bits per heavy atom. The van der Waals surface area contributed by atoms with Crippen LogP contribution in [0, 0.1) is 0 Å². The van der Waals surface area contributed by atoms with Crippen LogP contribution in [0.1, 0.15) is 30.5 Å². The van der Waals surface area contributed by atoms with Crippen LogP contribution in [0.2, 0.25) is 0 Å². The van der Waals surface area contributed by atoms with Gasteiger partial charge in [0.25, 0.3) is 5.56 Å². The summed E-state index contributed by atoms with van der Waals surface area (Å²) in [5.74, 6) is 0. The summed E-state index contributed by atoms with van der Waals surface area (Å²) in [7, 11) is 0.605. The molecule has 1 heterocycles. The molecule has 0 saturated heterocycles. The standard InChI is InChI=1S/C18H23N3O3S/c1-20(25(24)14-8-3-2-4-9-14)12-7-13-21-16-11-6-5-10-15(16)17(22)19-18(21)23/h2-4,8-9H,5-7,10-13H2,1H3,(H,19,22,23). The van der Waals surface area contributed by atoms with E-state index in [4.69, 9.17) is 0 Å². The molecule has 1 aliphatic rings. The van der Waals surface area contributed by atoms with Gasteiger partial charge in [0.05, 0.1) is 4.90 Å². The van der Waals surface area contributed by atoms with E-state index in [0.29, 0.717) is 19.5 Å². The van der Waals surface area contributed by atoms with Crippen LogP contribution in [0.4, 0.5) is 0 Å². The molecule has 25 heavy (non-hydrogen) atoms. The van der Waals surface area contributed by atoms with E-state index < -0.39 is 11.0 Å². The fraction of sp³-hybridized carbons (Fsp3) is 0.444. The van der Waals surface area contributed by atoms with Crippen molar-refractivity contribution < 1.29 is 4.21 Å². The van der Waals surface area contributed by atoms with E-state index in [9.17, 15) is 13.8 Å². The molecule has 0 fully saturated rings. The van der Waals surface area contributed by atoms with Crippen LogP contribution in [-0.4, -0.2) is 31.7 Å². The first-order chi connectivity index (χ1) is 12.1. The van der Waals surface area contributed by atoms with Gasteiger partial charge in [0, 0.05) is 31.4 Å². The van der Waals surface area contributed by atoms with Gasteiger partial charge in [-0.15, -0.1) is 0 Å². The van der Waals surface area contributed by atoms with Gasteiger partial charge in [0.2, 0.25) is 0 Å². The van der Waals surface area contributed by atoms with Crippen LogP contribution < -0.4 is 11.2 Å². The molecule has 6 nitrogen and oxygen atoms in total. The summed E-state index contributed by atoms with van der Waals surface area (Å²) in [6.07, 6.45) is 4.21. The molecule has 0 amide bonds. The molecule has 134 valence electrons. The van der Waals surface area contributed by atoms with E-state index in [-0.39, 0.29) is 11.2 Å². The number of H-pyrrole nitrogens is 1. The molecule has 1 atom stereocenters. The maximum atomic E-state index is 12.5. The fourth-order valence-electron chi connectivity index (χ4n) is 3.28. The number of nitrogens with zero attached hydrogens (tertiary/aromatic N) is 2. The molecule has 1 aromatic heterocycles. The number of hydrogen-bond donors (Lipinski definition) is 1. The quantitative estimate of drug-likeness (QED) is 0.846. The van der Waals surface area contributed by atoms with Crippen molar-refractivity contribution in [3.63, 3.8) is 0 Å². The van der Waals surface area contributed by atoms with Crippen LogP contribution in [0.5, 0.6) is 0 Å². The molecule has 1 unspecified atom stereocenters. The van der Waals surface area contributed by atoms with Crippen LogP contribution in [0.15, 0.2) is 44.8 Å². The highest BCUT2D eigenvalue weighted by Gasteiger charge is 2.18. The zero-order chi connectivity index (χ0) is 17.8. The van der Waals surface area contributed by atoms with Gasteiger partial charge in [0.1, 0.15) is 11.0 Å². The first kappa shape index (κ1) is 17.8. The van der Waals surface area contributed by atoms with Crippen molar-refractivity contribution in [2.75, 3.05) is 13.6 Å². The SMILES string of the molecule is CN(CCCn1c2c(c(=O)[nH]c1=O)CCCC2)S(=O)c1ccccc1. The summed E-state index contributed by atoms with van der Waals surface area (Å²) in [5.41, 5.74) is 1.06. The Balaban J connectivity index is 1.67. The van der Waals surface area contributed by atoms with Gasteiger partial charge in [-0.2, -0.15) is 0 Å². The average Bonchev–Trinajstić information content (AvgIpc) is 2.64. The van der Waals surface area contributed by atoms with E-state index in [2.05, 4.69) is 4.98 Å². The topological polar surface area (TPSA) is 75.2 Å². The van der Waals surface area contributed by atoms with E-state index in [0.717, 1.165) is 41.8 Å². The number of fused-ring (bicyclic) bond motifs is 1. The summed E-state index contributed by atoms with van der Waals surface area (Å²) >= 11 is 0. The largest absolute Gasteiger partial charge is 0.328 e. The first-order valence-corrected chi connectivity index (χ1v) is 9.71. The van der Waals surface area contributed by atoms with Crippen molar-refractivity contribution in [1.82, 2.24) is 13.9 Å². The molecule has 1 aliphatic carbocycles. The predicted octanol–water partition coefficient (Wildman–Crippen LogP) is 1.46. The highest BCUT2D eigenvalue weighted by atomic mass is 32.2. The molecule has 0 bridgehead atoms. The molecule has 0 radical (unpaired) electrons. The number of rotatable bonds is 6. The van der Waals surface area contributed by atoms with Gasteiger partial charge >= 0.3 is 5.69 Å². The minimum atomic E-state index is -1.21. The van der Waals surface area contributed by atoms with Crippen LogP contribution >= 0.6 is 0 Å². The molecule has 0 aliphatic heterocycles. The third-order valence-corrected chi connectivity index (χ3v) is 6.01. The fourth-order valence-corrected chi connectivity index (χ4v) is 4.33. The van der Waals surface area contributed by atoms with E-state index in [1.807, 2.05) is 37.4 Å². The molecule has 2 aromatic rings. The van der Waals surface area contributed by atoms with Gasteiger partial charge in [-0.05, 0) is 44.2 Å². The van der Waals surface area contributed by atoms with E-state index in [1.54, 1.807) is 8.87 Å². The van der Waals surface area contributed by atoms with Gasteiger partial charge in [-0.3, -0.25) is 14.3 Å². The Bertz CT molecular complexity index is 873. The summed E-state index contributed by atoms with van der Waals surface area (Å²) in [6, 6.07) is 9.32. The molecule has 3 rings (SSSR count). The second-order valence-corrected chi connectivity index (χ2v) is 7.90. The summed E-state index contributed by atoms with van der Waals surface area (Å²) < 4.78 is 15.9. The lowest BCUT2D eigenvalue weighted by atomic mass is 9.97. The van der Waals surface area contributed by atoms with E-state index >= 15 is 0 Å². The van der Waals surface area contributed by atoms with Crippen LogP contribution in [0.25, 0.3) is 0 Å². The molecule has 0 saturated carbocycles. The zero-order valence-electron chi connectivity index (χ0n) is 14.4. The lowest BCUT2D eigenvalue weighted by Gasteiger charge is -2.21. The third-order valence-electron chi connectivity index (χ3n) is 4.59. The lowest BCUT2D eigenvalue weighted by molar-refractivity contribution is 0.461. The maximum absolute atomic E-state index is 12.5. The van der Waals surface area contributed by atoms with Crippen molar-refractivity contribution in [1.29, 1.82) is 0 Å². The number of aromatic amines is 1. The number of benzene rings is 1. The van der Waals surface area contributed by atoms with Gasteiger partial charge in [0.15, 0.2) is 0 Å². The van der Waals surface area contributed by atoms with E-state index in [1.165, 1.54) is 0 Å². The van der Waals surface area contributed by atoms with Gasteiger partial charge in [-0.25, -0.2) is 13.3 Å². The molecule has 7 heteroatoms. The van der Waals surface area contributed by atoms with Crippen LogP contribution in [0.3, 0.4) is 0 Å². The van der Waals surface area contributed by atoms with Gasteiger partial charge in [-0.1, -0.05) is 18.2 Å². The van der Waals surface area contributed by atoms with Crippen molar-refractivity contribution in [3.05, 3.63) is 62.4 Å². The Morgan fingerprint density at radius 1 is 1.16 bits per heavy atom. The minimum absolute atomic E-state index is 0.238. The molecular formula is C18H23N3O3S. The molecule has 1 aromatic carbocycles. The normalized spacial score (nSPS) is 15.1. The summed E-state index contributed by atoms with van der Waals surface area (Å²) in [4.78, 5) is 27.3. The third kappa shape index (κ3) is 3.99. The Labute approximate surface area is 149 Å². The second kappa shape index (κ2) is 7.93. The predicted molar refractivity (Wildman–Crippen MR) is 98.1 cm³/mol. The smallest absolute Gasteiger partial charge is 0.297 e. The van der Waals surface area contributed by atoms with Crippen molar-refractivity contribution >= 4 is 11.0 Å². The van der Waals surface area contributed by atoms with Crippen LogP contribution in [-0.2, 0) is 30.4 Å².